The number of halogens is 1. The summed E-state index contributed by atoms with van der Waals surface area (Å²) < 4.78 is 34.3. The molecule has 2 atom stereocenters. The summed E-state index contributed by atoms with van der Waals surface area (Å²) in [5, 5.41) is 2.57. The van der Waals surface area contributed by atoms with Crippen molar-refractivity contribution in [2.24, 2.45) is 5.92 Å². The Labute approximate surface area is 220 Å². The second kappa shape index (κ2) is 13.6. The van der Waals surface area contributed by atoms with E-state index in [2.05, 4.69) is 5.32 Å². The van der Waals surface area contributed by atoms with Gasteiger partial charge >= 0.3 is 18.0 Å². The third kappa shape index (κ3) is 14.5. The summed E-state index contributed by atoms with van der Waals surface area (Å²) in [6, 6.07) is 5.93. The zero-order valence-corrected chi connectivity index (χ0v) is 23.7. The number of carbonyl (C=O) groups is 3. The Morgan fingerprint density at radius 1 is 0.811 bits per heavy atom. The predicted molar refractivity (Wildman–Crippen MR) is 139 cm³/mol. The first-order chi connectivity index (χ1) is 16.9. The van der Waals surface area contributed by atoms with Crippen LogP contribution >= 0.6 is 0 Å². The predicted octanol–water partition coefficient (Wildman–Crippen LogP) is 5.55. The summed E-state index contributed by atoms with van der Waals surface area (Å²) in [5.41, 5.74) is -1.52. The van der Waals surface area contributed by atoms with E-state index < -0.39 is 53.5 Å². The first-order valence-corrected chi connectivity index (χ1v) is 12.6. The number of rotatable bonds is 11. The standard InChI is InChI=1S/C28H44FNO7/c1-26(2,3)35-23(31)20(17-19-11-13-21(14-12-19)34-16-10-15-29)18-22(24(32)36-27(4,5)6)30-25(33)37-28(7,8)9/h11-14,20,22H,10,15-18H2,1-9H3,(H,30,33). The van der Waals surface area contributed by atoms with Crippen molar-refractivity contribution in [3.8, 4) is 5.75 Å². The molecule has 1 aromatic carbocycles. The highest BCUT2D eigenvalue weighted by atomic mass is 19.1. The molecule has 1 aromatic rings. The number of hydrogen-bond donors (Lipinski definition) is 1. The van der Waals surface area contributed by atoms with Crippen LogP contribution in [0, 0.1) is 5.92 Å². The lowest BCUT2D eigenvalue weighted by atomic mass is 9.92. The highest BCUT2D eigenvalue weighted by Gasteiger charge is 2.35. The first kappa shape index (κ1) is 32.2. The Hall–Kier alpha value is -2.84. The van der Waals surface area contributed by atoms with Crippen molar-refractivity contribution in [1.82, 2.24) is 5.32 Å². The van der Waals surface area contributed by atoms with E-state index in [1.54, 1.807) is 86.6 Å². The van der Waals surface area contributed by atoms with Gasteiger partial charge in [0.05, 0.1) is 19.2 Å². The minimum Gasteiger partial charge on any atom is -0.494 e. The zero-order chi connectivity index (χ0) is 28.4. The fraction of sp³-hybridized carbons (Fsp3) is 0.679. The summed E-state index contributed by atoms with van der Waals surface area (Å²) in [6.07, 6.45) is -0.299. The SMILES string of the molecule is CC(C)(C)OC(=O)NC(CC(Cc1ccc(OCCCF)cc1)C(=O)OC(C)(C)C)C(=O)OC(C)(C)C. The second-order valence-corrected chi connectivity index (χ2v) is 11.9. The molecule has 210 valence electrons. The van der Waals surface area contributed by atoms with Gasteiger partial charge in [-0.2, -0.15) is 0 Å². The molecule has 0 fully saturated rings. The van der Waals surface area contributed by atoms with Crippen LogP contribution in [0.1, 0.15) is 80.7 Å². The minimum absolute atomic E-state index is 0.0577. The molecule has 2 unspecified atom stereocenters. The molecule has 1 N–H and O–H groups in total. The van der Waals surface area contributed by atoms with E-state index in [-0.39, 0.29) is 19.4 Å². The van der Waals surface area contributed by atoms with Gasteiger partial charge in [-0.1, -0.05) is 12.1 Å². The number of esters is 2. The maximum atomic E-state index is 13.2. The van der Waals surface area contributed by atoms with Gasteiger partial charge in [-0.05, 0) is 92.9 Å². The normalized spacial score (nSPS) is 13.8. The number of benzene rings is 1. The number of alkyl halides is 1. The molecule has 9 heteroatoms. The van der Waals surface area contributed by atoms with Crippen LogP contribution in [0.3, 0.4) is 0 Å². The molecule has 0 heterocycles. The lowest BCUT2D eigenvalue weighted by Gasteiger charge is -2.29. The highest BCUT2D eigenvalue weighted by Crippen LogP contribution is 2.23. The number of carbonyl (C=O) groups excluding carboxylic acids is 3. The molecule has 0 spiro atoms. The molecule has 0 aliphatic carbocycles. The van der Waals surface area contributed by atoms with Crippen LogP contribution in [0.15, 0.2) is 24.3 Å². The van der Waals surface area contributed by atoms with Crippen LogP contribution in [0.4, 0.5) is 9.18 Å². The van der Waals surface area contributed by atoms with Crippen LogP contribution in [0.5, 0.6) is 5.75 Å². The van der Waals surface area contributed by atoms with Crippen molar-refractivity contribution in [3.63, 3.8) is 0 Å². The van der Waals surface area contributed by atoms with Crippen molar-refractivity contribution >= 4 is 18.0 Å². The van der Waals surface area contributed by atoms with E-state index in [0.717, 1.165) is 5.56 Å². The molecule has 0 aliphatic rings. The van der Waals surface area contributed by atoms with E-state index in [9.17, 15) is 18.8 Å². The monoisotopic (exact) mass is 525 g/mol. The minimum atomic E-state index is -1.14. The van der Waals surface area contributed by atoms with E-state index >= 15 is 0 Å². The summed E-state index contributed by atoms with van der Waals surface area (Å²) >= 11 is 0. The molecule has 0 radical (unpaired) electrons. The van der Waals surface area contributed by atoms with Crippen molar-refractivity contribution in [1.29, 1.82) is 0 Å². The average molecular weight is 526 g/mol. The van der Waals surface area contributed by atoms with Crippen molar-refractivity contribution in [3.05, 3.63) is 29.8 Å². The van der Waals surface area contributed by atoms with Crippen LogP contribution in [0.2, 0.25) is 0 Å². The number of hydrogen-bond acceptors (Lipinski definition) is 7. The maximum Gasteiger partial charge on any atom is 0.408 e. The Balaban J connectivity index is 3.19. The fourth-order valence-electron chi connectivity index (χ4n) is 3.22. The summed E-state index contributed by atoms with van der Waals surface area (Å²) in [5.74, 6) is -1.37. The van der Waals surface area contributed by atoms with Crippen molar-refractivity contribution in [2.45, 2.75) is 104 Å². The lowest BCUT2D eigenvalue weighted by Crippen LogP contribution is -2.48. The van der Waals surface area contributed by atoms with Gasteiger partial charge in [-0.3, -0.25) is 9.18 Å². The lowest BCUT2D eigenvalue weighted by molar-refractivity contribution is -0.162. The average Bonchev–Trinajstić information content (AvgIpc) is 2.70. The van der Waals surface area contributed by atoms with E-state index in [1.807, 2.05) is 0 Å². The van der Waals surface area contributed by atoms with Gasteiger partial charge in [-0.15, -0.1) is 0 Å². The van der Waals surface area contributed by atoms with Gasteiger partial charge in [0.15, 0.2) is 0 Å². The van der Waals surface area contributed by atoms with Gasteiger partial charge in [0.2, 0.25) is 0 Å². The molecule has 8 nitrogen and oxygen atoms in total. The quantitative estimate of drug-likeness (QED) is 0.230. The molecule has 0 aromatic heterocycles. The highest BCUT2D eigenvalue weighted by molar-refractivity contribution is 5.83. The topological polar surface area (TPSA) is 100 Å². The van der Waals surface area contributed by atoms with E-state index in [0.29, 0.717) is 12.2 Å². The largest absolute Gasteiger partial charge is 0.494 e. The van der Waals surface area contributed by atoms with Crippen LogP contribution in [-0.4, -0.2) is 54.2 Å². The third-order valence-corrected chi connectivity index (χ3v) is 4.59. The molecule has 1 rings (SSSR count). The van der Waals surface area contributed by atoms with E-state index in [1.165, 1.54) is 0 Å². The molecular weight excluding hydrogens is 481 g/mol. The summed E-state index contributed by atoms with van der Waals surface area (Å²) in [6.45, 7) is 15.4. The van der Waals surface area contributed by atoms with Gasteiger partial charge < -0.3 is 24.3 Å². The van der Waals surface area contributed by atoms with Gasteiger partial charge in [0.25, 0.3) is 0 Å². The first-order valence-electron chi connectivity index (χ1n) is 12.6. The third-order valence-electron chi connectivity index (χ3n) is 4.59. The van der Waals surface area contributed by atoms with Crippen LogP contribution in [0.25, 0.3) is 0 Å². The Kier molecular flexibility index (Phi) is 11.9. The molecular formula is C28H44FNO7. The summed E-state index contributed by atoms with van der Waals surface area (Å²) in [7, 11) is 0. The van der Waals surface area contributed by atoms with Gasteiger partial charge in [0.1, 0.15) is 28.6 Å². The molecule has 0 bridgehead atoms. The molecule has 37 heavy (non-hydrogen) atoms. The Bertz CT molecular complexity index is 880. The van der Waals surface area contributed by atoms with Crippen molar-refractivity contribution < 1.29 is 37.7 Å². The molecule has 0 saturated heterocycles. The summed E-state index contributed by atoms with van der Waals surface area (Å²) in [4.78, 5) is 38.8. The van der Waals surface area contributed by atoms with Crippen LogP contribution < -0.4 is 10.1 Å². The molecule has 0 aliphatic heterocycles. The van der Waals surface area contributed by atoms with Crippen molar-refractivity contribution in [2.75, 3.05) is 13.3 Å². The molecule has 0 saturated carbocycles. The maximum absolute atomic E-state index is 13.2. The number of amides is 1. The fourth-order valence-corrected chi connectivity index (χ4v) is 3.22. The zero-order valence-electron chi connectivity index (χ0n) is 23.7. The van der Waals surface area contributed by atoms with E-state index in [4.69, 9.17) is 18.9 Å². The smallest absolute Gasteiger partial charge is 0.408 e. The number of alkyl carbamates (subject to hydrolysis) is 1. The Morgan fingerprint density at radius 2 is 1.32 bits per heavy atom. The number of ether oxygens (including phenoxy) is 4. The van der Waals surface area contributed by atoms with Crippen LogP contribution in [-0.2, 0) is 30.2 Å². The number of nitrogens with one attached hydrogen (secondary N) is 1. The molecule has 1 amide bonds. The van der Waals surface area contributed by atoms with Gasteiger partial charge in [0, 0.05) is 6.42 Å². The second-order valence-electron chi connectivity index (χ2n) is 11.9. The Morgan fingerprint density at radius 3 is 1.81 bits per heavy atom. The van der Waals surface area contributed by atoms with Gasteiger partial charge in [-0.25, -0.2) is 9.59 Å².